The number of rotatable bonds is 10. The second-order valence-electron chi connectivity index (χ2n) is 8.50. The van der Waals surface area contributed by atoms with Crippen LogP contribution in [-0.4, -0.2) is 51.5 Å². The Morgan fingerprint density at radius 1 is 1.12 bits per heavy atom. The number of fused-ring (bicyclic) bond motifs is 1. The monoisotopic (exact) mass is 553 g/mol. The number of guanidine groups is 1. The lowest BCUT2D eigenvalue weighted by Crippen LogP contribution is -2.46. The van der Waals surface area contributed by atoms with Crippen molar-refractivity contribution < 1.29 is 13.9 Å². The van der Waals surface area contributed by atoms with Gasteiger partial charge in [-0.2, -0.15) is 0 Å². The summed E-state index contributed by atoms with van der Waals surface area (Å²) in [6.45, 7) is 4.81. The van der Waals surface area contributed by atoms with E-state index in [1.807, 2.05) is 12.1 Å². The maximum atomic E-state index is 5.82. The number of ether oxygens (including phenoxy) is 2. The minimum atomic E-state index is 0. The molecule has 7 heteroatoms. The highest BCUT2D eigenvalue weighted by atomic mass is 127. The molecule has 1 saturated heterocycles. The quantitative estimate of drug-likeness (QED) is 0.202. The highest BCUT2D eigenvalue weighted by Gasteiger charge is 2.19. The van der Waals surface area contributed by atoms with Gasteiger partial charge in [-0.1, -0.05) is 24.3 Å². The molecule has 1 aliphatic carbocycles. The lowest BCUT2D eigenvalue weighted by molar-refractivity contribution is 0.0893. The molecule has 4 rings (SSSR count). The zero-order chi connectivity index (χ0) is 21.1. The minimum Gasteiger partial charge on any atom is -0.469 e. The summed E-state index contributed by atoms with van der Waals surface area (Å²) in [5, 5.41) is 7.15. The van der Waals surface area contributed by atoms with Crippen LogP contribution < -0.4 is 10.6 Å². The molecular formula is C25H36IN3O3. The number of hydrogen-bond donors (Lipinski definition) is 2. The van der Waals surface area contributed by atoms with E-state index in [0.29, 0.717) is 12.0 Å². The smallest absolute Gasteiger partial charge is 0.191 e. The summed E-state index contributed by atoms with van der Waals surface area (Å²) in [5.74, 6) is 2.45. The second kappa shape index (κ2) is 13.9. The van der Waals surface area contributed by atoms with Crippen molar-refractivity contribution in [1.82, 2.24) is 10.6 Å². The van der Waals surface area contributed by atoms with Crippen molar-refractivity contribution in [3.63, 3.8) is 0 Å². The maximum absolute atomic E-state index is 5.82. The average molecular weight is 553 g/mol. The first-order valence-corrected chi connectivity index (χ1v) is 11.7. The fourth-order valence-electron chi connectivity index (χ4n) is 4.25. The Hall–Kier alpha value is -1.58. The van der Waals surface area contributed by atoms with Crippen molar-refractivity contribution in [2.45, 2.75) is 44.6 Å². The third-order valence-corrected chi connectivity index (χ3v) is 6.03. The lowest BCUT2D eigenvalue weighted by atomic mass is 9.88. The van der Waals surface area contributed by atoms with E-state index in [9.17, 15) is 0 Å². The maximum Gasteiger partial charge on any atom is 0.191 e. The van der Waals surface area contributed by atoms with E-state index < -0.39 is 0 Å². The van der Waals surface area contributed by atoms with Gasteiger partial charge in [0.15, 0.2) is 5.96 Å². The Bertz CT molecular complexity index is 807. The summed E-state index contributed by atoms with van der Waals surface area (Å²) in [7, 11) is 0. The number of furan rings is 1. The standard InChI is InChI=1S/C25H35N3O3.HI/c1-2-6-22-17-23(9-8-21(22)5-1)28-25(27-13-10-24-7-3-15-31-24)26-12-4-14-29-18-20-11-16-30-19-20;/h1-3,5-7,15,20,23H,4,8-14,16-19H2,(H2,26,27,28);1H. The Balaban J connectivity index is 0.00000289. The van der Waals surface area contributed by atoms with Crippen molar-refractivity contribution in [2.24, 2.45) is 10.9 Å². The molecule has 2 aromatic rings. The Morgan fingerprint density at radius 3 is 2.84 bits per heavy atom. The third kappa shape index (κ3) is 8.08. The van der Waals surface area contributed by atoms with Crippen LogP contribution >= 0.6 is 24.0 Å². The van der Waals surface area contributed by atoms with Gasteiger partial charge in [-0.25, -0.2) is 0 Å². The lowest BCUT2D eigenvalue weighted by Gasteiger charge is -2.27. The molecule has 32 heavy (non-hydrogen) atoms. The van der Waals surface area contributed by atoms with Crippen LogP contribution in [0, 0.1) is 5.92 Å². The van der Waals surface area contributed by atoms with E-state index in [2.05, 4.69) is 34.9 Å². The van der Waals surface area contributed by atoms with Crippen LogP contribution in [0.4, 0.5) is 0 Å². The molecule has 1 aromatic heterocycles. The van der Waals surface area contributed by atoms with Crippen molar-refractivity contribution in [3.05, 3.63) is 59.5 Å². The highest BCUT2D eigenvalue weighted by molar-refractivity contribution is 14.0. The zero-order valence-corrected chi connectivity index (χ0v) is 21.1. The Morgan fingerprint density at radius 2 is 2.03 bits per heavy atom. The first-order chi connectivity index (χ1) is 15.4. The van der Waals surface area contributed by atoms with E-state index in [1.54, 1.807) is 6.26 Å². The fourth-order valence-corrected chi connectivity index (χ4v) is 4.25. The second-order valence-corrected chi connectivity index (χ2v) is 8.50. The number of aliphatic imine (C=N–C) groups is 1. The van der Waals surface area contributed by atoms with Crippen LogP contribution in [0.1, 0.15) is 36.1 Å². The summed E-state index contributed by atoms with van der Waals surface area (Å²) in [6, 6.07) is 13.1. The summed E-state index contributed by atoms with van der Waals surface area (Å²) in [6.07, 6.45) is 7.90. The van der Waals surface area contributed by atoms with Gasteiger partial charge in [-0.05, 0) is 55.4 Å². The highest BCUT2D eigenvalue weighted by Crippen LogP contribution is 2.21. The molecule has 2 aliphatic rings. The Kier molecular flexibility index (Phi) is 10.8. The molecule has 176 valence electrons. The molecule has 0 amide bonds. The molecule has 0 bridgehead atoms. The summed E-state index contributed by atoms with van der Waals surface area (Å²) in [5.41, 5.74) is 2.93. The van der Waals surface area contributed by atoms with Crippen LogP contribution in [-0.2, 0) is 28.7 Å². The van der Waals surface area contributed by atoms with E-state index in [0.717, 1.165) is 89.8 Å². The van der Waals surface area contributed by atoms with Crippen LogP contribution in [0.5, 0.6) is 0 Å². The number of halogens is 1. The van der Waals surface area contributed by atoms with Crippen molar-refractivity contribution in [1.29, 1.82) is 0 Å². The van der Waals surface area contributed by atoms with Gasteiger partial charge in [-0.3, -0.25) is 4.99 Å². The van der Waals surface area contributed by atoms with Gasteiger partial charge < -0.3 is 24.5 Å². The van der Waals surface area contributed by atoms with E-state index >= 15 is 0 Å². The molecule has 2 atom stereocenters. The van der Waals surface area contributed by atoms with Crippen LogP contribution in [0.2, 0.25) is 0 Å². The molecule has 0 spiro atoms. The van der Waals surface area contributed by atoms with Crippen molar-refractivity contribution >= 4 is 29.9 Å². The number of nitrogens with zero attached hydrogens (tertiary/aromatic N) is 1. The zero-order valence-electron chi connectivity index (χ0n) is 18.8. The normalized spacial score (nSPS) is 20.4. The third-order valence-electron chi connectivity index (χ3n) is 6.03. The van der Waals surface area contributed by atoms with E-state index in [-0.39, 0.29) is 24.0 Å². The topological polar surface area (TPSA) is 68.0 Å². The molecule has 6 nitrogen and oxygen atoms in total. The average Bonchev–Trinajstić information content (AvgIpc) is 3.50. The number of nitrogens with one attached hydrogen (secondary N) is 2. The summed E-state index contributed by atoms with van der Waals surface area (Å²) >= 11 is 0. The molecule has 2 unspecified atom stereocenters. The molecular weight excluding hydrogens is 517 g/mol. The van der Waals surface area contributed by atoms with E-state index in [1.165, 1.54) is 11.1 Å². The van der Waals surface area contributed by atoms with Crippen molar-refractivity contribution in [3.8, 4) is 0 Å². The number of hydrogen-bond acceptors (Lipinski definition) is 4. The summed E-state index contributed by atoms with van der Waals surface area (Å²) in [4.78, 5) is 4.82. The number of aryl methyl sites for hydroxylation is 1. The molecule has 2 heterocycles. The van der Waals surface area contributed by atoms with Gasteiger partial charge in [0.05, 0.1) is 19.5 Å². The molecule has 0 radical (unpaired) electrons. The van der Waals surface area contributed by atoms with Gasteiger partial charge in [0, 0.05) is 44.7 Å². The van der Waals surface area contributed by atoms with Gasteiger partial charge in [0.25, 0.3) is 0 Å². The van der Waals surface area contributed by atoms with Gasteiger partial charge >= 0.3 is 0 Å². The predicted molar refractivity (Wildman–Crippen MR) is 138 cm³/mol. The predicted octanol–water partition coefficient (Wildman–Crippen LogP) is 3.98. The Labute approximate surface area is 208 Å². The first kappa shape index (κ1) is 25.1. The van der Waals surface area contributed by atoms with Crippen molar-refractivity contribution in [2.75, 3.05) is 39.5 Å². The van der Waals surface area contributed by atoms with Crippen LogP contribution in [0.3, 0.4) is 0 Å². The van der Waals surface area contributed by atoms with Crippen LogP contribution in [0.25, 0.3) is 0 Å². The van der Waals surface area contributed by atoms with Crippen LogP contribution in [0.15, 0.2) is 52.1 Å². The molecule has 1 fully saturated rings. The minimum absolute atomic E-state index is 0. The largest absolute Gasteiger partial charge is 0.469 e. The number of benzene rings is 1. The molecule has 1 aromatic carbocycles. The molecule has 0 saturated carbocycles. The SMILES string of the molecule is I.c1coc(CCNC(=NCCCOCC2CCOC2)NC2CCc3ccccc3C2)c1. The van der Waals surface area contributed by atoms with E-state index in [4.69, 9.17) is 18.9 Å². The first-order valence-electron chi connectivity index (χ1n) is 11.7. The fraction of sp³-hybridized carbons (Fsp3) is 0.560. The van der Waals surface area contributed by atoms with Gasteiger partial charge in [0.1, 0.15) is 5.76 Å². The van der Waals surface area contributed by atoms with Gasteiger partial charge in [-0.15, -0.1) is 24.0 Å². The molecule has 2 N–H and O–H groups in total. The van der Waals surface area contributed by atoms with Gasteiger partial charge in [0.2, 0.25) is 0 Å². The summed E-state index contributed by atoms with van der Waals surface area (Å²) < 4.78 is 16.7. The molecule has 1 aliphatic heterocycles.